The summed E-state index contributed by atoms with van der Waals surface area (Å²) in [5.74, 6) is -0.380. The van der Waals surface area contributed by atoms with Crippen LogP contribution in [-0.4, -0.2) is 28.1 Å². The highest BCUT2D eigenvalue weighted by molar-refractivity contribution is 7.80. The fourth-order valence-corrected chi connectivity index (χ4v) is 4.09. The van der Waals surface area contributed by atoms with E-state index < -0.39 is 6.04 Å². The van der Waals surface area contributed by atoms with Crippen LogP contribution in [-0.2, 0) is 9.53 Å². The van der Waals surface area contributed by atoms with Crippen LogP contribution < -0.4 is 5.32 Å². The number of nitrogens with one attached hydrogen (secondary N) is 1. The van der Waals surface area contributed by atoms with Crippen LogP contribution in [0.3, 0.4) is 0 Å². The number of nitrogens with zero attached hydrogens (tertiary/aromatic N) is 1. The molecule has 1 fully saturated rings. The molecular formula is C18H20Cl2N2O2S. The molecule has 1 atom stereocenters. The maximum atomic E-state index is 12.8. The number of thiocarbonyl (C=S) groups is 1. The molecule has 25 heavy (non-hydrogen) atoms. The van der Waals surface area contributed by atoms with Gasteiger partial charge in [0, 0.05) is 27.3 Å². The van der Waals surface area contributed by atoms with Gasteiger partial charge in [-0.3, -0.25) is 0 Å². The first-order valence-electron chi connectivity index (χ1n) is 8.26. The number of esters is 1. The third kappa shape index (κ3) is 3.64. The normalized spacial score (nSPS) is 20.8. The van der Waals surface area contributed by atoms with E-state index in [-0.39, 0.29) is 12.1 Å². The zero-order chi connectivity index (χ0) is 18.3. The molecule has 4 nitrogen and oxygen atoms in total. The fraction of sp³-hybridized carbons (Fsp3) is 0.444. The molecule has 0 amide bonds. The summed E-state index contributed by atoms with van der Waals surface area (Å²) in [4.78, 5) is 14.9. The van der Waals surface area contributed by atoms with Gasteiger partial charge in [-0.25, -0.2) is 4.79 Å². The van der Waals surface area contributed by atoms with Gasteiger partial charge in [0.05, 0.1) is 17.7 Å². The minimum Gasteiger partial charge on any atom is -0.459 e. The Bertz CT molecular complexity index is 739. The van der Waals surface area contributed by atoms with Crippen molar-refractivity contribution in [1.29, 1.82) is 0 Å². The van der Waals surface area contributed by atoms with Crippen molar-refractivity contribution in [3.8, 4) is 0 Å². The predicted octanol–water partition coefficient (Wildman–Crippen LogP) is 4.61. The molecule has 1 aliphatic carbocycles. The lowest BCUT2D eigenvalue weighted by molar-refractivity contribution is -0.143. The standard InChI is InChI=1S/C18H20Cl2N2O2S/c1-9(2)24-17(23)14-10(3)22(11-7-8-11)18(25)21-16(14)15-12(19)5-4-6-13(15)20/h4-6,9,11,16H,7-8H2,1-3H3,(H,21,25). The minimum absolute atomic E-state index is 0.224. The minimum atomic E-state index is -0.532. The van der Waals surface area contributed by atoms with Crippen LogP contribution in [0.25, 0.3) is 0 Å². The van der Waals surface area contributed by atoms with Crippen molar-refractivity contribution in [3.05, 3.63) is 45.1 Å². The molecule has 1 unspecified atom stereocenters. The molecule has 1 aromatic rings. The Hall–Kier alpha value is -1.30. The quantitative estimate of drug-likeness (QED) is 0.592. The number of carbonyl (C=O) groups is 1. The van der Waals surface area contributed by atoms with Gasteiger partial charge in [0.15, 0.2) is 5.11 Å². The van der Waals surface area contributed by atoms with Gasteiger partial charge in [0.25, 0.3) is 0 Å². The molecule has 134 valence electrons. The second-order valence-electron chi connectivity index (χ2n) is 6.57. The fourth-order valence-electron chi connectivity index (χ4n) is 3.07. The van der Waals surface area contributed by atoms with Crippen molar-refractivity contribution in [3.63, 3.8) is 0 Å². The lowest BCUT2D eigenvalue weighted by Gasteiger charge is -2.38. The Morgan fingerprint density at radius 3 is 2.44 bits per heavy atom. The summed E-state index contributed by atoms with van der Waals surface area (Å²) in [6.07, 6.45) is 1.89. The summed E-state index contributed by atoms with van der Waals surface area (Å²) in [7, 11) is 0. The number of allylic oxidation sites excluding steroid dienone is 1. The average Bonchev–Trinajstić information content (AvgIpc) is 3.30. The van der Waals surface area contributed by atoms with E-state index in [0.29, 0.717) is 32.3 Å². The van der Waals surface area contributed by atoms with Crippen molar-refractivity contribution < 1.29 is 9.53 Å². The van der Waals surface area contributed by atoms with Gasteiger partial charge < -0.3 is 15.0 Å². The summed E-state index contributed by atoms with van der Waals surface area (Å²) in [6, 6.07) is 5.08. The van der Waals surface area contributed by atoms with Gasteiger partial charge >= 0.3 is 5.97 Å². The van der Waals surface area contributed by atoms with Crippen LogP contribution in [0, 0.1) is 0 Å². The number of carbonyl (C=O) groups excluding carboxylic acids is 1. The molecule has 1 saturated carbocycles. The molecule has 0 spiro atoms. The van der Waals surface area contributed by atoms with Crippen LogP contribution in [0.2, 0.25) is 10.0 Å². The van der Waals surface area contributed by atoms with E-state index in [0.717, 1.165) is 18.5 Å². The molecule has 1 heterocycles. The van der Waals surface area contributed by atoms with E-state index in [9.17, 15) is 4.79 Å². The molecule has 3 rings (SSSR count). The Morgan fingerprint density at radius 2 is 1.92 bits per heavy atom. The molecule has 0 bridgehead atoms. The highest BCUT2D eigenvalue weighted by Crippen LogP contribution is 2.41. The maximum Gasteiger partial charge on any atom is 0.338 e. The largest absolute Gasteiger partial charge is 0.459 e. The summed E-state index contributed by atoms with van der Waals surface area (Å²) >= 11 is 18.3. The van der Waals surface area contributed by atoms with Gasteiger partial charge in [-0.2, -0.15) is 0 Å². The third-order valence-electron chi connectivity index (χ3n) is 4.29. The SMILES string of the molecule is CC1=C(C(=O)OC(C)C)C(c2c(Cl)cccc2Cl)NC(=S)N1C1CC1. The molecule has 7 heteroatoms. The predicted molar refractivity (Wildman–Crippen MR) is 104 cm³/mol. The van der Waals surface area contributed by atoms with Crippen LogP contribution in [0.5, 0.6) is 0 Å². The van der Waals surface area contributed by atoms with Gasteiger partial charge in [-0.1, -0.05) is 29.3 Å². The van der Waals surface area contributed by atoms with Gasteiger partial charge in [-0.15, -0.1) is 0 Å². The van der Waals surface area contributed by atoms with E-state index >= 15 is 0 Å². The van der Waals surface area contributed by atoms with Crippen molar-refractivity contribution in [2.45, 2.75) is 51.8 Å². The highest BCUT2D eigenvalue weighted by atomic mass is 35.5. The van der Waals surface area contributed by atoms with E-state index in [1.54, 1.807) is 18.2 Å². The molecule has 1 aromatic carbocycles. The van der Waals surface area contributed by atoms with Crippen LogP contribution in [0.1, 0.15) is 45.2 Å². The maximum absolute atomic E-state index is 12.8. The lowest BCUT2D eigenvalue weighted by atomic mass is 9.94. The summed E-state index contributed by atoms with van der Waals surface area (Å²) in [5.41, 5.74) is 1.95. The van der Waals surface area contributed by atoms with Crippen LogP contribution >= 0.6 is 35.4 Å². The second kappa shape index (κ2) is 7.14. The van der Waals surface area contributed by atoms with Crippen LogP contribution in [0.4, 0.5) is 0 Å². The first kappa shape index (κ1) is 18.5. The lowest BCUT2D eigenvalue weighted by Crippen LogP contribution is -2.49. The molecule has 0 saturated heterocycles. The zero-order valence-corrected chi connectivity index (χ0v) is 16.6. The second-order valence-corrected chi connectivity index (χ2v) is 7.77. The van der Waals surface area contributed by atoms with Crippen molar-refractivity contribution in [2.24, 2.45) is 0 Å². The summed E-state index contributed by atoms with van der Waals surface area (Å²) < 4.78 is 5.48. The van der Waals surface area contributed by atoms with E-state index in [1.165, 1.54) is 0 Å². The Morgan fingerprint density at radius 1 is 1.32 bits per heavy atom. The molecular weight excluding hydrogens is 379 g/mol. The monoisotopic (exact) mass is 398 g/mol. The van der Waals surface area contributed by atoms with E-state index in [4.69, 9.17) is 40.2 Å². The van der Waals surface area contributed by atoms with Crippen molar-refractivity contribution in [1.82, 2.24) is 10.2 Å². The summed E-state index contributed by atoms with van der Waals surface area (Å²) in [5, 5.41) is 4.80. The molecule has 1 aliphatic heterocycles. The van der Waals surface area contributed by atoms with Crippen LogP contribution in [0.15, 0.2) is 29.5 Å². The average molecular weight is 399 g/mol. The Kier molecular flexibility index (Phi) is 5.28. The van der Waals surface area contributed by atoms with Gasteiger partial charge in [0.2, 0.25) is 0 Å². The third-order valence-corrected chi connectivity index (χ3v) is 5.26. The smallest absolute Gasteiger partial charge is 0.338 e. The summed E-state index contributed by atoms with van der Waals surface area (Å²) in [6.45, 7) is 5.55. The Labute approximate surface area is 163 Å². The van der Waals surface area contributed by atoms with Gasteiger partial charge in [0.1, 0.15) is 0 Å². The first-order valence-corrected chi connectivity index (χ1v) is 9.43. The number of halogens is 2. The molecule has 0 aromatic heterocycles. The molecule has 2 aliphatic rings. The van der Waals surface area contributed by atoms with E-state index in [2.05, 4.69) is 5.32 Å². The number of benzene rings is 1. The Balaban J connectivity index is 2.12. The highest BCUT2D eigenvalue weighted by Gasteiger charge is 2.42. The number of rotatable bonds is 4. The number of hydrogen-bond acceptors (Lipinski definition) is 3. The van der Waals surface area contributed by atoms with E-state index in [1.807, 2.05) is 25.7 Å². The number of hydrogen-bond donors (Lipinski definition) is 1. The molecule has 1 N–H and O–H groups in total. The topological polar surface area (TPSA) is 41.6 Å². The zero-order valence-electron chi connectivity index (χ0n) is 14.3. The van der Waals surface area contributed by atoms with Crippen molar-refractivity contribution in [2.75, 3.05) is 0 Å². The van der Waals surface area contributed by atoms with Gasteiger partial charge in [-0.05, 0) is 58.0 Å². The molecule has 0 radical (unpaired) electrons. The van der Waals surface area contributed by atoms with Crippen molar-refractivity contribution >= 4 is 46.5 Å². The first-order chi connectivity index (χ1) is 11.8. The number of ether oxygens (including phenoxy) is 1.